The maximum absolute atomic E-state index is 13.0. The van der Waals surface area contributed by atoms with E-state index >= 15 is 0 Å². The van der Waals surface area contributed by atoms with Crippen LogP contribution in [0.5, 0.6) is 0 Å². The van der Waals surface area contributed by atoms with E-state index in [0.29, 0.717) is 5.91 Å². The zero-order chi connectivity index (χ0) is 18.2. The lowest BCUT2D eigenvalue weighted by atomic mass is 9.94. The first kappa shape index (κ1) is 16.6. The molecule has 0 spiro atoms. The molecule has 1 fully saturated rings. The van der Waals surface area contributed by atoms with E-state index in [4.69, 9.17) is 0 Å². The minimum atomic E-state index is 0.121. The smallest absolute Gasteiger partial charge is 0.226 e. The lowest BCUT2D eigenvalue weighted by Gasteiger charge is -2.36. The highest BCUT2D eigenvalue weighted by atomic mass is 32.1. The Bertz CT molecular complexity index is 974. The minimum Gasteiger partial charge on any atom is -0.356 e. The third kappa shape index (κ3) is 3.06. The Hall–Kier alpha value is -2.54. The van der Waals surface area contributed by atoms with Crippen LogP contribution in [0.4, 0.5) is 5.82 Å². The molecule has 0 saturated carbocycles. The highest BCUT2D eigenvalue weighted by molar-refractivity contribution is 7.10. The maximum Gasteiger partial charge on any atom is 0.226 e. The second kappa shape index (κ2) is 6.88. The molecule has 0 bridgehead atoms. The predicted octanol–water partition coefficient (Wildman–Crippen LogP) is 2.89. The number of hydrogen-bond donors (Lipinski definition) is 0. The average molecular weight is 379 g/mol. The van der Waals surface area contributed by atoms with Crippen LogP contribution < -0.4 is 4.90 Å². The Balaban J connectivity index is 1.27. The van der Waals surface area contributed by atoms with Gasteiger partial charge in [-0.25, -0.2) is 9.97 Å². The number of carbonyl (C=O) groups is 1. The van der Waals surface area contributed by atoms with E-state index in [0.717, 1.165) is 62.2 Å². The number of piperidine rings is 1. The SMILES string of the molecule is O=C(C1CCN(c2ncnc3cnccc23)CC1)N1CCc2sccc2C1. The molecule has 27 heavy (non-hydrogen) atoms. The van der Waals surface area contributed by atoms with Gasteiger partial charge in [0.25, 0.3) is 0 Å². The number of nitrogens with zero attached hydrogens (tertiary/aromatic N) is 5. The van der Waals surface area contributed by atoms with E-state index in [1.165, 1.54) is 10.4 Å². The first-order valence-corrected chi connectivity index (χ1v) is 10.3. The molecular weight excluding hydrogens is 358 g/mol. The van der Waals surface area contributed by atoms with Crippen LogP contribution in [0.2, 0.25) is 0 Å². The summed E-state index contributed by atoms with van der Waals surface area (Å²) >= 11 is 1.81. The van der Waals surface area contributed by atoms with Crippen LogP contribution in [-0.4, -0.2) is 45.4 Å². The Morgan fingerprint density at radius 1 is 1.15 bits per heavy atom. The molecule has 0 N–H and O–H groups in total. The molecule has 5 heterocycles. The summed E-state index contributed by atoms with van der Waals surface area (Å²) in [6.07, 6.45) is 7.90. The number of carbonyl (C=O) groups excluding carboxylic acids is 1. The minimum absolute atomic E-state index is 0.121. The van der Waals surface area contributed by atoms with Crippen LogP contribution >= 0.6 is 11.3 Å². The Labute approximate surface area is 161 Å². The standard InChI is InChI=1S/C20H21N5OS/c26-20(25-9-4-18-15(12-25)5-10-27-18)14-2-7-24(8-3-14)19-16-1-6-21-11-17(16)22-13-23-19/h1,5-6,10-11,13-14H,2-4,7-9,12H2. The van der Waals surface area contributed by atoms with Crippen molar-refractivity contribution in [2.24, 2.45) is 5.92 Å². The average Bonchev–Trinajstić information content (AvgIpc) is 3.21. The topological polar surface area (TPSA) is 62.2 Å². The van der Waals surface area contributed by atoms with Gasteiger partial charge in [-0.3, -0.25) is 9.78 Å². The Morgan fingerprint density at radius 2 is 2.04 bits per heavy atom. The third-order valence-corrected chi connectivity index (χ3v) is 6.70. The van der Waals surface area contributed by atoms with Crippen molar-refractivity contribution < 1.29 is 4.79 Å². The Kier molecular flexibility index (Phi) is 4.24. The van der Waals surface area contributed by atoms with E-state index in [2.05, 4.69) is 36.2 Å². The molecule has 7 heteroatoms. The molecule has 3 aromatic heterocycles. The van der Waals surface area contributed by atoms with Crippen LogP contribution in [-0.2, 0) is 17.8 Å². The van der Waals surface area contributed by atoms with Crippen molar-refractivity contribution in [2.45, 2.75) is 25.8 Å². The quantitative estimate of drug-likeness (QED) is 0.685. The van der Waals surface area contributed by atoms with Gasteiger partial charge in [-0.15, -0.1) is 11.3 Å². The van der Waals surface area contributed by atoms with Gasteiger partial charge in [0, 0.05) is 48.6 Å². The molecule has 1 saturated heterocycles. The van der Waals surface area contributed by atoms with Gasteiger partial charge in [-0.05, 0) is 42.3 Å². The largest absolute Gasteiger partial charge is 0.356 e. The Morgan fingerprint density at radius 3 is 2.93 bits per heavy atom. The highest BCUT2D eigenvalue weighted by Crippen LogP contribution is 2.30. The fourth-order valence-corrected chi connectivity index (χ4v) is 5.07. The van der Waals surface area contributed by atoms with Crippen molar-refractivity contribution in [3.8, 4) is 0 Å². The second-order valence-electron chi connectivity index (χ2n) is 7.23. The maximum atomic E-state index is 13.0. The zero-order valence-electron chi connectivity index (χ0n) is 15.0. The highest BCUT2D eigenvalue weighted by Gasteiger charge is 2.31. The number of aromatic nitrogens is 3. The number of anilines is 1. The van der Waals surface area contributed by atoms with Gasteiger partial charge in [-0.2, -0.15) is 0 Å². The number of hydrogen-bond acceptors (Lipinski definition) is 6. The molecule has 0 radical (unpaired) electrons. The fraction of sp³-hybridized carbons (Fsp3) is 0.400. The summed E-state index contributed by atoms with van der Waals surface area (Å²) in [5, 5.41) is 3.16. The normalized spacial score (nSPS) is 17.9. The molecule has 2 aliphatic rings. The van der Waals surface area contributed by atoms with E-state index < -0.39 is 0 Å². The van der Waals surface area contributed by atoms with Gasteiger partial charge in [0.1, 0.15) is 12.1 Å². The van der Waals surface area contributed by atoms with Crippen molar-refractivity contribution in [1.29, 1.82) is 0 Å². The third-order valence-electron chi connectivity index (χ3n) is 5.68. The molecular formula is C20H21N5OS. The van der Waals surface area contributed by atoms with Gasteiger partial charge in [0.05, 0.1) is 11.7 Å². The molecule has 2 aliphatic heterocycles. The van der Waals surface area contributed by atoms with Gasteiger partial charge < -0.3 is 9.80 Å². The van der Waals surface area contributed by atoms with Crippen LogP contribution in [0.1, 0.15) is 23.3 Å². The van der Waals surface area contributed by atoms with Crippen molar-refractivity contribution in [2.75, 3.05) is 24.5 Å². The van der Waals surface area contributed by atoms with Crippen LogP contribution in [0.25, 0.3) is 10.9 Å². The van der Waals surface area contributed by atoms with Gasteiger partial charge in [0.2, 0.25) is 5.91 Å². The summed E-state index contributed by atoms with van der Waals surface area (Å²) in [7, 11) is 0. The number of pyridine rings is 1. The van der Waals surface area contributed by atoms with Gasteiger partial charge >= 0.3 is 0 Å². The summed E-state index contributed by atoms with van der Waals surface area (Å²) in [5.74, 6) is 1.40. The fourth-order valence-electron chi connectivity index (χ4n) is 4.18. The summed E-state index contributed by atoms with van der Waals surface area (Å²) in [5.41, 5.74) is 2.19. The number of amides is 1. The summed E-state index contributed by atoms with van der Waals surface area (Å²) in [6, 6.07) is 4.13. The molecule has 0 aromatic carbocycles. The first-order valence-electron chi connectivity index (χ1n) is 9.43. The molecule has 5 rings (SSSR count). The summed E-state index contributed by atoms with van der Waals surface area (Å²) in [4.78, 5) is 31.7. The molecule has 0 unspecified atom stereocenters. The molecule has 1 amide bonds. The zero-order valence-corrected chi connectivity index (χ0v) is 15.9. The van der Waals surface area contributed by atoms with Crippen molar-refractivity contribution in [3.05, 3.63) is 46.7 Å². The molecule has 0 atom stereocenters. The second-order valence-corrected chi connectivity index (χ2v) is 8.23. The van der Waals surface area contributed by atoms with Gasteiger partial charge in [-0.1, -0.05) is 0 Å². The number of fused-ring (bicyclic) bond motifs is 2. The van der Waals surface area contributed by atoms with Gasteiger partial charge in [0.15, 0.2) is 0 Å². The van der Waals surface area contributed by atoms with Crippen LogP contribution in [0, 0.1) is 5.92 Å². The van der Waals surface area contributed by atoms with Crippen LogP contribution in [0.15, 0.2) is 36.2 Å². The lowest BCUT2D eigenvalue weighted by Crippen LogP contribution is -2.44. The lowest BCUT2D eigenvalue weighted by molar-refractivity contribution is -0.137. The van der Waals surface area contributed by atoms with E-state index in [1.807, 2.05) is 17.4 Å². The first-order chi connectivity index (χ1) is 13.3. The van der Waals surface area contributed by atoms with Crippen molar-refractivity contribution in [1.82, 2.24) is 19.9 Å². The summed E-state index contributed by atoms with van der Waals surface area (Å²) in [6.45, 7) is 3.34. The van der Waals surface area contributed by atoms with Crippen molar-refractivity contribution in [3.63, 3.8) is 0 Å². The molecule has 138 valence electrons. The molecule has 6 nitrogen and oxygen atoms in total. The van der Waals surface area contributed by atoms with Crippen LogP contribution in [0.3, 0.4) is 0 Å². The van der Waals surface area contributed by atoms with Crippen molar-refractivity contribution >= 4 is 34.0 Å². The van der Waals surface area contributed by atoms with E-state index in [-0.39, 0.29) is 5.92 Å². The predicted molar refractivity (Wildman–Crippen MR) is 106 cm³/mol. The molecule has 0 aliphatic carbocycles. The van der Waals surface area contributed by atoms with E-state index in [1.54, 1.807) is 18.7 Å². The number of rotatable bonds is 2. The summed E-state index contributed by atoms with van der Waals surface area (Å²) < 4.78 is 0. The van der Waals surface area contributed by atoms with E-state index in [9.17, 15) is 4.79 Å². The monoisotopic (exact) mass is 379 g/mol. The molecule has 3 aromatic rings. The number of thiophene rings is 1.